The Morgan fingerprint density at radius 3 is 2.22 bits per heavy atom. The van der Waals surface area contributed by atoms with Crippen LogP contribution < -0.4 is 9.62 Å². The van der Waals surface area contributed by atoms with Crippen molar-refractivity contribution in [2.24, 2.45) is 0 Å². The van der Waals surface area contributed by atoms with Crippen LogP contribution in [0.1, 0.15) is 45.2 Å². The first kappa shape index (κ1) is 29.3. The Kier molecular flexibility index (Phi) is 9.62. The second-order valence-electron chi connectivity index (χ2n) is 9.92. The standard InChI is InChI=1S/C26H37FN4O4S/c1-8-22(25(33)28-26(3,4)5)30(17-20-13-11-12-19(2)16-20)24(32)18-31(36(34,35)29(6)7)23-15-10-9-14-21(23)27/h9-16,22H,8,17-18H2,1-7H3,(H,28,33)/t22-/m1/s1. The minimum atomic E-state index is -4.23. The highest BCUT2D eigenvalue weighted by Gasteiger charge is 2.35. The molecule has 0 spiro atoms. The third-order valence-electron chi connectivity index (χ3n) is 5.46. The van der Waals surface area contributed by atoms with Crippen molar-refractivity contribution >= 4 is 27.7 Å². The SMILES string of the molecule is CC[C@H](C(=O)NC(C)(C)C)N(Cc1cccc(C)c1)C(=O)CN(c1ccccc1F)S(=O)(=O)N(C)C. The number of hydrogen-bond acceptors (Lipinski definition) is 4. The quantitative estimate of drug-likeness (QED) is 0.520. The van der Waals surface area contributed by atoms with Gasteiger partial charge in [0.25, 0.3) is 0 Å². The van der Waals surface area contributed by atoms with Crippen molar-refractivity contribution in [2.75, 3.05) is 24.9 Å². The van der Waals surface area contributed by atoms with E-state index in [9.17, 15) is 22.4 Å². The van der Waals surface area contributed by atoms with Gasteiger partial charge in [0, 0.05) is 26.2 Å². The second kappa shape index (κ2) is 11.8. The molecule has 0 bridgehead atoms. The van der Waals surface area contributed by atoms with Crippen LogP contribution in [0.5, 0.6) is 0 Å². The molecule has 0 heterocycles. The van der Waals surface area contributed by atoms with E-state index < -0.39 is 40.1 Å². The van der Waals surface area contributed by atoms with E-state index in [0.717, 1.165) is 25.8 Å². The zero-order chi connectivity index (χ0) is 27.3. The fourth-order valence-electron chi connectivity index (χ4n) is 3.74. The van der Waals surface area contributed by atoms with Crippen LogP contribution in [0, 0.1) is 12.7 Å². The lowest BCUT2D eigenvalue weighted by atomic mass is 10.0. The number of benzene rings is 2. The Bertz CT molecular complexity index is 1180. The molecule has 2 aromatic carbocycles. The summed E-state index contributed by atoms with van der Waals surface area (Å²) < 4.78 is 42.6. The fourth-order valence-corrected chi connectivity index (χ4v) is 4.80. The number of aryl methyl sites for hydroxylation is 1. The van der Waals surface area contributed by atoms with Crippen molar-refractivity contribution in [1.29, 1.82) is 0 Å². The molecule has 0 aliphatic rings. The average Bonchev–Trinajstić information content (AvgIpc) is 2.76. The molecular formula is C26H37FN4O4S. The van der Waals surface area contributed by atoms with E-state index in [-0.39, 0.29) is 18.1 Å². The molecule has 0 unspecified atom stereocenters. The number of amides is 2. The van der Waals surface area contributed by atoms with Crippen molar-refractivity contribution in [3.8, 4) is 0 Å². The maximum atomic E-state index is 14.7. The number of carbonyl (C=O) groups excluding carboxylic acids is 2. The molecule has 2 aromatic rings. The third kappa shape index (κ3) is 7.51. The maximum Gasteiger partial charge on any atom is 0.304 e. The normalized spacial score (nSPS) is 12.8. The Morgan fingerprint density at radius 1 is 1.06 bits per heavy atom. The van der Waals surface area contributed by atoms with E-state index in [1.54, 1.807) is 6.92 Å². The minimum Gasteiger partial charge on any atom is -0.350 e. The van der Waals surface area contributed by atoms with Gasteiger partial charge in [-0.15, -0.1) is 0 Å². The number of anilines is 1. The smallest absolute Gasteiger partial charge is 0.304 e. The molecule has 1 atom stereocenters. The summed E-state index contributed by atoms with van der Waals surface area (Å²) in [7, 11) is -1.61. The molecular weight excluding hydrogens is 483 g/mol. The number of nitrogens with zero attached hydrogens (tertiary/aromatic N) is 3. The van der Waals surface area contributed by atoms with Gasteiger partial charge < -0.3 is 10.2 Å². The molecule has 0 radical (unpaired) electrons. The fraction of sp³-hybridized carbons (Fsp3) is 0.462. The molecule has 0 fully saturated rings. The minimum absolute atomic E-state index is 0.0870. The van der Waals surface area contributed by atoms with E-state index in [2.05, 4.69) is 5.32 Å². The highest BCUT2D eigenvalue weighted by atomic mass is 32.2. The number of nitrogens with one attached hydrogen (secondary N) is 1. The number of para-hydroxylation sites is 1. The van der Waals surface area contributed by atoms with E-state index in [0.29, 0.717) is 6.42 Å². The summed E-state index contributed by atoms with van der Waals surface area (Å²) in [5, 5.41) is 2.91. The molecule has 36 heavy (non-hydrogen) atoms. The summed E-state index contributed by atoms with van der Waals surface area (Å²) in [5.74, 6) is -1.75. The predicted molar refractivity (Wildman–Crippen MR) is 140 cm³/mol. The van der Waals surface area contributed by atoms with Gasteiger partial charge in [0.2, 0.25) is 11.8 Å². The molecule has 8 nitrogen and oxygen atoms in total. The summed E-state index contributed by atoms with van der Waals surface area (Å²) in [5.41, 5.74) is 0.992. The van der Waals surface area contributed by atoms with Crippen molar-refractivity contribution in [3.05, 3.63) is 65.5 Å². The molecule has 198 valence electrons. The van der Waals surface area contributed by atoms with Gasteiger partial charge in [0.1, 0.15) is 18.4 Å². The molecule has 10 heteroatoms. The first-order chi connectivity index (χ1) is 16.7. The Labute approximate surface area is 214 Å². The lowest BCUT2D eigenvalue weighted by molar-refractivity contribution is -0.141. The van der Waals surface area contributed by atoms with Gasteiger partial charge in [-0.1, -0.05) is 48.9 Å². The third-order valence-corrected chi connectivity index (χ3v) is 7.27. The predicted octanol–water partition coefficient (Wildman–Crippen LogP) is 3.47. The Balaban J connectivity index is 2.54. The summed E-state index contributed by atoms with van der Waals surface area (Å²) in [6.45, 7) is 8.64. The molecule has 0 aliphatic heterocycles. The summed E-state index contributed by atoms with van der Waals surface area (Å²) >= 11 is 0. The molecule has 2 rings (SSSR count). The zero-order valence-corrected chi connectivity index (χ0v) is 22.9. The lowest BCUT2D eigenvalue weighted by Gasteiger charge is -2.35. The summed E-state index contributed by atoms with van der Waals surface area (Å²) in [6.07, 6.45) is 0.305. The van der Waals surface area contributed by atoms with Crippen molar-refractivity contribution < 1.29 is 22.4 Å². The number of halogens is 1. The van der Waals surface area contributed by atoms with Gasteiger partial charge in [-0.2, -0.15) is 12.7 Å². The largest absolute Gasteiger partial charge is 0.350 e. The molecule has 0 saturated carbocycles. The zero-order valence-electron chi connectivity index (χ0n) is 22.1. The van der Waals surface area contributed by atoms with Crippen molar-refractivity contribution in [3.63, 3.8) is 0 Å². The number of rotatable bonds is 10. The second-order valence-corrected chi connectivity index (χ2v) is 12.0. The number of hydrogen-bond donors (Lipinski definition) is 1. The van der Waals surface area contributed by atoms with E-state index in [1.165, 1.54) is 37.2 Å². The van der Waals surface area contributed by atoms with E-state index in [1.807, 2.05) is 52.0 Å². The lowest BCUT2D eigenvalue weighted by Crippen LogP contribution is -2.55. The van der Waals surface area contributed by atoms with Crippen LogP contribution in [-0.4, -0.2) is 61.7 Å². The van der Waals surface area contributed by atoms with Crippen molar-refractivity contribution in [1.82, 2.24) is 14.5 Å². The van der Waals surface area contributed by atoms with E-state index >= 15 is 0 Å². The number of carbonyl (C=O) groups is 2. The topological polar surface area (TPSA) is 90.0 Å². The van der Waals surface area contributed by atoms with Gasteiger partial charge in [0.15, 0.2) is 0 Å². The molecule has 2 amide bonds. The van der Waals surface area contributed by atoms with Crippen molar-refractivity contribution in [2.45, 2.75) is 59.2 Å². The van der Waals surface area contributed by atoms with Crippen LogP contribution in [0.15, 0.2) is 48.5 Å². The van der Waals surface area contributed by atoms with Crippen LogP contribution in [0.2, 0.25) is 0 Å². The first-order valence-corrected chi connectivity index (χ1v) is 13.2. The molecule has 0 saturated heterocycles. The first-order valence-electron chi connectivity index (χ1n) is 11.8. The van der Waals surface area contributed by atoms with E-state index in [4.69, 9.17) is 0 Å². The Hall–Kier alpha value is -2.98. The highest BCUT2D eigenvalue weighted by molar-refractivity contribution is 7.90. The van der Waals surface area contributed by atoms with Gasteiger partial charge in [0.05, 0.1) is 5.69 Å². The average molecular weight is 521 g/mol. The van der Waals surface area contributed by atoms with Gasteiger partial charge in [-0.25, -0.2) is 8.70 Å². The summed E-state index contributed by atoms with van der Waals surface area (Å²) in [4.78, 5) is 28.3. The maximum absolute atomic E-state index is 14.7. The molecule has 0 aromatic heterocycles. The highest BCUT2D eigenvalue weighted by Crippen LogP contribution is 2.24. The van der Waals surface area contributed by atoms with Gasteiger partial charge in [-0.3, -0.25) is 9.59 Å². The molecule has 0 aliphatic carbocycles. The summed E-state index contributed by atoms with van der Waals surface area (Å²) in [6, 6.07) is 12.0. The molecule has 1 N–H and O–H groups in total. The van der Waals surface area contributed by atoms with Gasteiger partial charge in [-0.05, 0) is 51.8 Å². The van der Waals surface area contributed by atoms with Crippen LogP contribution in [0.3, 0.4) is 0 Å². The van der Waals surface area contributed by atoms with Crippen LogP contribution in [0.25, 0.3) is 0 Å². The monoisotopic (exact) mass is 520 g/mol. The van der Waals surface area contributed by atoms with Crippen LogP contribution in [0.4, 0.5) is 10.1 Å². The Morgan fingerprint density at radius 2 is 1.69 bits per heavy atom. The van der Waals surface area contributed by atoms with Crippen LogP contribution in [-0.2, 0) is 26.3 Å². The van der Waals surface area contributed by atoms with Crippen LogP contribution >= 0.6 is 0 Å². The van der Waals surface area contributed by atoms with Gasteiger partial charge >= 0.3 is 10.2 Å².